The third-order valence-electron chi connectivity index (χ3n) is 5.39. The number of thiazole rings is 1. The first kappa shape index (κ1) is 17.3. The van der Waals surface area contributed by atoms with E-state index in [9.17, 15) is 5.11 Å². The van der Waals surface area contributed by atoms with Gasteiger partial charge in [0.05, 0.1) is 15.7 Å². The zero-order valence-corrected chi connectivity index (χ0v) is 16.2. The Bertz CT molecular complexity index is 1140. The number of aromatic hydroxyl groups is 1. The lowest BCUT2D eigenvalue weighted by atomic mass is 10.1. The van der Waals surface area contributed by atoms with E-state index in [0.29, 0.717) is 11.7 Å². The van der Waals surface area contributed by atoms with Crippen molar-refractivity contribution >= 4 is 21.6 Å². The van der Waals surface area contributed by atoms with E-state index in [1.54, 1.807) is 11.3 Å². The molecule has 5 rings (SSSR count). The first-order valence-electron chi connectivity index (χ1n) is 9.26. The molecule has 7 nitrogen and oxygen atoms in total. The Morgan fingerprint density at radius 3 is 2.89 bits per heavy atom. The monoisotopic (exact) mass is 393 g/mol. The van der Waals surface area contributed by atoms with Gasteiger partial charge in [0.25, 0.3) is 5.89 Å². The molecule has 4 heterocycles. The molecule has 1 N–H and O–H groups in total. The van der Waals surface area contributed by atoms with Gasteiger partial charge in [-0.15, -0.1) is 16.4 Å². The Morgan fingerprint density at radius 1 is 1.14 bits per heavy atom. The standard InChI is InChI=1S/C20H19N5O2S/c1-12(14-3-5-18-17(10-14)21-11-28-18)25-8-6-13-2-4-16(22-15(13)7-9-25)19-23-24-20(26)27-19/h2-5,10-12H,6-9H2,1H3,(H,24,26)/t12-/m0/s1. The molecular weight excluding hydrogens is 374 g/mol. The molecule has 0 fully saturated rings. The summed E-state index contributed by atoms with van der Waals surface area (Å²) in [6, 6.07) is 10.8. The van der Waals surface area contributed by atoms with Crippen LogP contribution in [0.4, 0.5) is 0 Å². The average molecular weight is 393 g/mol. The van der Waals surface area contributed by atoms with Gasteiger partial charge in [0.2, 0.25) is 0 Å². The minimum atomic E-state index is -0.441. The molecule has 1 atom stereocenters. The summed E-state index contributed by atoms with van der Waals surface area (Å²) in [5, 5.41) is 16.6. The number of nitrogens with zero attached hydrogens (tertiary/aromatic N) is 5. The molecule has 0 unspecified atom stereocenters. The molecule has 8 heteroatoms. The molecule has 142 valence electrons. The maximum absolute atomic E-state index is 9.28. The van der Waals surface area contributed by atoms with Crippen LogP contribution in [0.1, 0.15) is 29.8 Å². The van der Waals surface area contributed by atoms with Gasteiger partial charge in [0, 0.05) is 31.2 Å². The number of benzene rings is 1. The third-order valence-corrected chi connectivity index (χ3v) is 6.20. The van der Waals surface area contributed by atoms with Crippen molar-refractivity contribution in [1.29, 1.82) is 0 Å². The highest BCUT2D eigenvalue weighted by Gasteiger charge is 2.22. The van der Waals surface area contributed by atoms with Crippen LogP contribution in [0.3, 0.4) is 0 Å². The van der Waals surface area contributed by atoms with Gasteiger partial charge in [-0.25, -0.2) is 9.97 Å². The van der Waals surface area contributed by atoms with Gasteiger partial charge in [0.15, 0.2) is 0 Å². The second kappa shape index (κ2) is 6.96. The number of fused-ring (bicyclic) bond motifs is 2. The number of rotatable bonds is 3. The van der Waals surface area contributed by atoms with Crippen LogP contribution in [0.5, 0.6) is 6.08 Å². The van der Waals surface area contributed by atoms with Crippen molar-refractivity contribution in [2.24, 2.45) is 0 Å². The van der Waals surface area contributed by atoms with Crippen LogP contribution in [0.15, 0.2) is 40.3 Å². The first-order valence-corrected chi connectivity index (χ1v) is 10.1. The summed E-state index contributed by atoms with van der Waals surface area (Å²) in [4.78, 5) is 11.7. The fourth-order valence-corrected chi connectivity index (χ4v) is 4.43. The molecule has 0 saturated heterocycles. The van der Waals surface area contributed by atoms with E-state index in [4.69, 9.17) is 9.40 Å². The van der Waals surface area contributed by atoms with E-state index in [1.165, 1.54) is 15.8 Å². The van der Waals surface area contributed by atoms with Crippen molar-refractivity contribution in [3.63, 3.8) is 0 Å². The largest absolute Gasteiger partial charge is 0.465 e. The van der Waals surface area contributed by atoms with Crippen molar-refractivity contribution in [2.45, 2.75) is 25.8 Å². The van der Waals surface area contributed by atoms with Crippen LogP contribution in [-0.2, 0) is 12.8 Å². The first-order chi connectivity index (χ1) is 13.7. The zero-order chi connectivity index (χ0) is 19.1. The highest BCUT2D eigenvalue weighted by atomic mass is 32.1. The quantitative estimate of drug-likeness (QED) is 0.569. The molecule has 28 heavy (non-hydrogen) atoms. The Morgan fingerprint density at radius 2 is 2.04 bits per heavy atom. The fourth-order valence-electron chi connectivity index (χ4n) is 3.77. The van der Waals surface area contributed by atoms with Gasteiger partial charge in [-0.2, -0.15) is 0 Å². The summed E-state index contributed by atoms with van der Waals surface area (Å²) in [5.41, 5.74) is 7.16. The number of hydrogen-bond acceptors (Lipinski definition) is 8. The summed E-state index contributed by atoms with van der Waals surface area (Å²) in [5.74, 6) is 0.242. The molecule has 0 bridgehead atoms. The third kappa shape index (κ3) is 3.14. The van der Waals surface area contributed by atoms with E-state index in [-0.39, 0.29) is 5.89 Å². The van der Waals surface area contributed by atoms with Crippen LogP contribution in [-0.4, -0.2) is 43.3 Å². The Balaban J connectivity index is 1.36. The molecule has 3 aromatic heterocycles. The second-order valence-corrected chi connectivity index (χ2v) is 7.87. The molecule has 0 aliphatic carbocycles. The number of aromatic nitrogens is 4. The highest BCUT2D eigenvalue weighted by Crippen LogP contribution is 2.28. The van der Waals surface area contributed by atoms with Gasteiger partial charge in [-0.1, -0.05) is 17.2 Å². The van der Waals surface area contributed by atoms with Crippen LogP contribution >= 0.6 is 11.3 Å². The van der Waals surface area contributed by atoms with E-state index < -0.39 is 6.08 Å². The molecule has 4 aromatic rings. The summed E-state index contributed by atoms with van der Waals surface area (Å²) in [6.45, 7) is 4.16. The van der Waals surface area contributed by atoms with E-state index in [2.05, 4.69) is 51.3 Å². The predicted molar refractivity (Wildman–Crippen MR) is 106 cm³/mol. The average Bonchev–Trinajstić information content (AvgIpc) is 3.30. The number of pyridine rings is 1. The minimum absolute atomic E-state index is 0.242. The van der Waals surface area contributed by atoms with Crippen molar-refractivity contribution < 1.29 is 9.52 Å². The second-order valence-electron chi connectivity index (χ2n) is 6.98. The van der Waals surface area contributed by atoms with E-state index >= 15 is 0 Å². The summed E-state index contributed by atoms with van der Waals surface area (Å²) < 4.78 is 6.32. The summed E-state index contributed by atoms with van der Waals surface area (Å²) in [7, 11) is 0. The van der Waals surface area contributed by atoms with Crippen LogP contribution in [0.25, 0.3) is 21.8 Å². The molecular formula is C20H19N5O2S. The maximum atomic E-state index is 9.28. The van der Waals surface area contributed by atoms with E-state index in [0.717, 1.165) is 37.1 Å². The van der Waals surface area contributed by atoms with Gasteiger partial charge >= 0.3 is 6.08 Å². The smallest absolute Gasteiger partial charge is 0.412 e. The topological polar surface area (TPSA) is 88.2 Å². The summed E-state index contributed by atoms with van der Waals surface area (Å²) in [6.07, 6.45) is 1.36. The number of hydrogen-bond donors (Lipinski definition) is 1. The van der Waals surface area contributed by atoms with Crippen molar-refractivity contribution in [1.82, 2.24) is 25.1 Å². The molecule has 0 amide bonds. The Hall–Kier alpha value is -2.84. The van der Waals surface area contributed by atoms with Crippen LogP contribution in [0, 0.1) is 0 Å². The van der Waals surface area contributed by atoms with Crippen molar-refractivity contribution in [3.8, 4) is 17.7 Å². The zero-order valence-electron chi connectivity index (χ0n) is 15.4. The predicted octanol–water partition coefficient (Wildman–Crippen LogP) is 3.61. The maximum Gasteiger partial charge on any atom is 0.412 e. The molecule has 1 aromatic carbocycles. The highest BCUT2D eigenvalue weighted by molar-refractivity contribution is 7.16. The fraction of sp³-hybridized carbons (Fsp3) is 0.300. The molecule has 0 saturated carbocycles. The Kier molecular flexibility index (Phi) is 4.29. The van der Waals surface area contributed by atoms with Crippen molar-refractivity contribution in [3.05, 3.63) is 52.7 Å². The van der Waals surface area contributed by atoms with Gasteiger partial charge in [-0.3, -0.25) is 4.90 Å². The van der Waals surface area contributed by atoms with Gasteiger partial charge in [0.1, 0.15) is 5.69 Å². The molecule has 1 aliphatic rings. The lowest BCUT2D eigenvalue weighted by molar-refractivity contribution is 0.221. The SMILES string of the molecule is C[C@@H](c1ccc2scnc2c1)N1CCc2ccc(-c3nnc(O)o3)nc2CC1. The normalized spacial score (nSPS) is 16.0. The summed E-state index contributed by atoms with van der Waals surface area (Å²) >= 11 is 1.67. The van der Waals surface area contributed by atoms with Crippen LogP contribution < -0.4 is 0 Å². The van der Waals surface area contributed by atoms with Crippen molar-refractivity contribution in [2.75, 3.05) is 13.1 Å². The Labute approximate surface area is 165 Å². The minimum Gasteiger partial charge on any atom is -0.465 e. The van der Waals surface area contributed by atoms with Gasteiger partial charge in [-0.05, 0) is 42.7 Å². The molecule has 0 spiro atoms. The molecule has 1 aliphatic heterocycles. The lowest BCUT2D eigenvalue weighted by Gasteiger charge is -2.27. The molecule has 0 radical (unpaired) electrons. The van der Waals surface area contributed by atoms with E-state index in [1.807, 2.05) is 11.6 Å². The lowest BCUT2D eigenvalue weighted by Crippen LogP contribution is -2.29. The van der Waals surface area contributed by atoms with Gasteiger partial charge < -0.3 is 9.52 Å². The van der Waals surface area contributed by atoms with Crippen LogP contribution in [0.2, 0.25) is 0 Å².